The molecule has 0 aliphatic carbocycles. The topological polar surface area (TPSA) is 88.2 Å². The van der Waals surface area contributed by atoms with Crippen LogP contribution < -0.4 is 11.1 Å². The number of amides is 1. The highest BCUT2D eigenvalue weighted by molar-refractivity contribution is 5.94. The van der Waals surface area contributed by atoms with Crippen molar-refractivity contribution in [3.8, 4) is 5.75 Å². The molecule has 0 aromatic carbocycles. The fourth-order valence-electron chi connectivity index (χ4n) is 1.32. The van der Waals surface area contributed by atoms with Crippen LogP contribution in [0.1, 0.15) is 20.3 Å². The largest absolute Gasteiger partial charge is 0.504 e. The van der Waals surface area contributed by atoms with Crippen molar-refractivity contribution in [2.24, 2.45) is 11.7 Å². The Morgan fingerprint density at radius 2 is 2.31 bits per heavy atom. The van der Waals surface area contributed by atoms with Crippen molar-refractivity contribution in [2.45, 2.75) is 26.3 Å². The van der Waals surface area contributed by atoms with Gasteiger partial charge in [-0.1, -0.05) is 13.8 Å². The number of aromatic hydroxyl groups is 1. The van der Waals surface area contributed by atoms with E-state index in [-0.39, 0.29) is 17.5 Å². The summed E-state index contributed by atoms with van der Waals surface area (Å²) in [7, 11) is 0. The molecule has 88 valence electrons. The number of pyridine rings is 1. The number of hydrogen-bond donors (Lipinski definition) is 3. The zero-order valence-corrected chi connectivity index (χ0v) is 9.47. The first kappa shape index (κ1) is 12.4. The minimum atomic E-state index is -0.582. The van der Waals surface area contributed by atoms with E-state index in [4.69, 9.17) is 5.73 Å². The average Bonchev–Trinajstić information content (AvgIpc) is 2.20. The average molecular weight is 223 g/mol. The third-order valence-electron chi connectivity index (χ3n) is 2.09. The van der Waals surface area contributed by atoms with Crippen molar-refractivity contribution in [3.63, 3.8) is 0 Å². The van der Waals surface area contributed by atoms with E-state index in [0.29, 0.717) is 12.3 Å². The van der Waals surface area contributed by atoms with Crippen molar-refractivity contribution in [3.05, 3.63) is 18.3 Å². The van der Waals surface area contributed by atoms with Crippen LogP contribution in [0.4, 0.5) is 5.82 Å². The molecule has 1 aromatic heterocycles. The summed E-state index contributed by atoms with van der Waals surface area (Å²) in [6.45, 7) is 3.98. The highest BCUT2D eigenvalue weighted by Crippen LogP contribution is 2.18. The van der Waals surface area contributed by atoms with Crippen molar-refractivity contribution < 1.29 is 9.90 Å². The fourth-order valence-corrected chi connectivity index (χ4v) is 1.32. The van der Waals surface area contributed by atoms with Crippen LogP contribution in [0, 0.1) is 5.92 Å². The summed E-state index contributed by atoms with van der Waals surface area (Å²) < 4.78 is 0. The Bertz CT molecular complexity index is 366. The molecule has 1 unspecified atom stereocenters. The lowest BCUT2D eigenvalue weighted by Gasteiger charge is -2.13. The predicted octanol–water partition coefficient (Wildman–Crippen LogP) is 1.10. The molecule has 0 radical (unpaired) electrons. The smallest absolute Gasteiger partial charge is 0.242 e. The van der Waals surface area contributed by atoms with E-state index in [0.717, 1.165) is 0 Å². The van der Waals surface area contributed by atoms with Gasteiger partial charge in [-0.05, 0) is 24.5 Å². The first-order valence-electron chi connectivity index (χ1n) is 5.21. The summed E-state index contributed by atoms with van der Waals surface area (Å²) in [5.74, 6) is 0.0973. The fraction of sp³-hybridized carbons (Fsp3) is 0.455. The van der Waals surface area contributed by atoms with Crippen LogP contribution in [-0.4, -0.2) is 22.0 Å². The second-order valence-corrected chi connectivity index (χ2v) is 4.10. The number of anilines is 1. The van der Waals surface area contributed by atoms with E-state index in [9.17, 15) is 9.90 Å². The Hall–Kier alpha value is -1.62. The molecule has 4 N–H and O–H groups in total. The Morgan fingerprint density at radius 1 is 1.62 bits per heavy atom. The lowest BCUT2D eigenvalue weighted by molar-refractivity contribution is -0.117. The molecular formula is C11H17N3O2. The molecule has 1 rings (SSSR count). The second kappa shape index (κ2) is 5.46. The standard InChI is InChI=1S/C11H17N3O2/c1-7(2)6-8(12)11(16)14-10-9(15)4-3-5-13-10/h3-5,7-8,15H,6,12H2,1-2H3,(H,13,14,16). The van der Waals surface area contributed by atoms with Gasteiger partial charge in [0.15, 0.2) is 11.6 Å². The van der Waals surface area contributed by atoms with Gasteiger partial charge in [0.1, 0.15) is 0 Å². The van der Waals surface area contributed by atoms with Gasteiger partial charge in [0.25, 0.3) is 0 Å². The number of carbonyl (C=O) groups is 1. The molecule has 0 fully saturated rings. The molecule has 0 bridgehead atoms. The Morgan fingerprint density at radius 3 is 2.88 bits per heavy atom. The highest BCUT2D eigenvalue weighted by Gasteiger charge is 2.16. The molecule has 1 amide bonds. The molecule has 1 aromatic rings. The summed E-state index contributed by atoms with van der Waals surface area (Å²) in [6, 6.07) is 2.46. The first-order valence-corrected chi connectivity index (χ1v) is 5.21. The Kier molecular flexibility index (Phi) is 4.25. The second-order valence-electron chi connectivity index (χ2n) is 4.10. The molecule has 1 atom stereocenters. The molecule has 1 heterocycles. The molecule has 16 heavy (non-hydrogen) atoms. The number of hydrogen-bond acceptors (Lipinski definition) is 4. The Balaban J connectivity index is 2.61. The van der Waals surface area contributed by atoms with Crippen LogP contribution in [0.15, 0.2) is 18.3 Å². The monoisotopic (exact) mass is 223 g/mol. The van der Waals surface area contributed by atoms with Crippen LogP contribution in [-0.2, 0) is 4.79 Å². The van der Waals surface area contributed by atoms with E-state index in [1.807, 2.05) is 13.8 Å². The number of aromatic nitrogens is 1. The normalized spacial score (nSPS) is 12.5. The third kappa shape index (κ3) is 3.51. The van der Waals surface area contributed by atoms with E-state index >= 15 is 0 Å². The molecule has 5 heteroatoms. The lowest BCUT2D eigenvalue weighted by Crippen LogP contribution is -2.36. The van der Waals surface area contributed by atoms with Crippen molar-refractivity contribution >= 4 is 11.7 Å². The number of nitrogens with zero attached hydrogens (tertiary/aromatic N) is 1. The van der Waals surface area contributed by atoms with Gasteiger partial charge in [0, 0.05) is 6.20 Å². The van der Waals surface area contributed by atoms with E-state index in [2.05, 4.69) is 10.3 Å². The maximum atomic E-state index is 11.6. The van der Waals surface area contributed by atoms with Crippen molar-refractivity contribution in [1.29, 1.82) is 0 Å². The van der Waals surface area contributed by atoms with Gasteiger partial charge in [-0.15, -0.1) is 0 Å². The van der Waals surface area contributed by atoms with Gasteiger partial charge in [-0.3, -0.25) is 4.79 Å². The number of nitrogens with one attached hydrogen (secondary N) is 1. The summed E-state index contributed by atoms with van der Waals surface area (Å²) >= 11 is 0. The zero-order valence-electron chi connectivity index (χ0n) is 9.47. The molecule has 5 nitrogen and oxygen atoms in total. The molecular weight excluding hydrogens is 206 g/mol. The summed E-state index contributed by atoms with van der Waals surface area (Å²) in [5.41, 5.74) is 5.69. The maximum Gasteiger partial charge on any atom is 0.242 e. The summed E-state index contributed by atoms with van der Waals surface area (Å²) in [5, 5.41) is 11.9. The SMILES string of the molecule is CC(C)CC(N)C(=O)Nc1ncccc1O. The molecule has 0 aliphatic rings. The molecule has 0 saturated heterocycles. The van der Waals surface area contributed by atoms with Gasteiger partial charge in [-0.25, -0.2) is 4.98 Å². The van der Waals surface area contributed by atoms with Gasteiger partial charge < -0.3 is 16.2 Å². The van der Waals surface area contributed by atoms with E-state index in [1.54, 1.807) is 6.07 Å². The predicted molar refractivity (Wildman–Crippen MR) is 62.0 cm³/mol. The molecule has 0 aliphatic heterocycles. The third-order valence-corrected chi connectivity index (χ3v) is 2.09. The van der Waals surface area contributed by atoms with E-state index < -0.39 is 6.04 Å². The van der Waals surface area contributed by atoms with Crippen LogP contribution in [0.2, 0.25) is 0 Å². The molecule has 0 saturated carbocycles. The minimum Gasteiger partial charge on any atom is -0.504 e. The van der Waals surface area contributed by atoms with Crippen LogP contribution >= 0.6 is 0 Å². The first-order chi connectivity index (χ1) is 7.50. The van der Waals surface area contributed by atoms with Crippen molar-refractivity contribution in [1.82, 2.24) is 4.98 Å². The van der Waals surface area contributed by atoms with Gasteiger partial charge in [0.2, 0.25) is 5.91 Å². The summed E-state index contributed by atoms with van der Waals surface area (Å²) in [6.07, 6.45) is 2.09. The number of rotatable bonds is 4. The van der Waals surface area contributed by atoms with Crippen LogP contribution in [0.3, 0.4) is 0 Å². The zero-order chi connectivity index (χ0) is 12.1. The summed E-state index contributed by atoms with van der Waals surface area (Å²) in [4.78, 5) is 15.5. The highest BCUT2D eigenvalue weighted by atomic mass is 16.3. The van der Waals surface area contributed by atoms with Gasteiger partial charge in [0.05, 0.1) is 6.04 Å². The lowest BCUT2D eigenvalue weighted by atomic mass is 10.0. The van der Waals surface area contributed by atoms with Crippen molar-refractivity contribution in [2.75, 3.05) is 5.32 Å². The van der Waals surface area contributed by atoms with Crippen LogP contribution in [0.5, 0.6) is 5.75 Å². The van der Waals surface area contributed by atoms with Gasteiger partial charge >= 0.3 is 0 Å². The van der Waals surface area contributed by atoms with Crippen LogP contribution in [0.25, 0.3) is 0 Å². The number of nitrogens with two attached hydrogens (primary N) is 1. The van der Waals surface area contributed by atoms with Gasteiger partial charge in [-0.2, -0.15) is 0 Å². The maximum absolute atomic E-state index is 11.6. The Labute approximate surface area is 94.7 Å². The van der Waals surface area contributed by atoms with E-state index in [1.165, 1.54) is 12.3 Å². The quantitative estimate of drug-likeness (QED) is 0.713. The molecule has 0 spiro atoms. The minimum absolute atomic E-state index is 0.0624. The number of carbonyl (C=O) groups excluding carboxylic acids is 1.